The number of phosphoric acid groups is 1. The minimum atomic E-state index is -4.61. The van der Waals surface area contributed by atoms with Crippen molar-refractivity contribution in [3.8, 4) is 0 Å². The van der Waals surface area contributed by atoms with E-state index in [0.717, 1.165) is 70.6 Å². The molecule has 8 nitrogen and oxygen atoms in total. The monoisotopic (exact) mass is 903 g/mol. The number of hydrogen-bond acceptors (Lipinski definition) is 6. The summed E-state index contributed by atoms with van der Waals surface area (Å²) in [7, 11) is 1.22. The van der Waals surface area contributed by atoms with Gasteiger partial charge in [-0.15, -0.1) is 0 Å². The quantitative estimate of drug-likeness (QED) is 0.0273. The van der Waals surface area contributed by atoms with Crippen LogP contribution in [0.2, 0.25) is 0 Å². The van der Waals surface area contributed by atoms with Crippen molar-refractivity contribution in [2.45, 2.75) is 225 Å². The lowest BCUT2D eigenvalue weighted by molar-refractivity contribution is -0.870. The fourth-order valence-electron chi connectivity index (χ4n) is 7.01. The molecule has 0 saturated heterocycles. The summed E-state index contributed by atoms with van der Waals surface area (Å²) in [4.78, 5) is 25.4. The lowest BCUT2D eigenvalue weighted by atomic mass is 10.1. The first-order valence-electron chi connectivity index (χ1n) is 25.8. The van der Waals surface area contributed by atoms with Gasteiger partial charge in [0.1, 0.15) is 13.2 Å². The van der Waals surface area contributed by atoms with Crippen LogP contribution in [0, 0.1) is 0 Å². The Balaban J connectivity index is 4.40. The molecule has 3 atom stereocenters. The van der Waals surface area contributed by atoms with Crippen LogP contribution >= 0.6 is 7.82 Å². The molecule has 0 fully saturated rings. The molecule has 2 N–H and O–H groups in total. The average molecular weight is 903 g/mol. The molecule has 0 aliphatic rings. The maximum Gasteiger partial charge on any atom is 0.268 e. The Bertz CT molecular complexity index is 1250. The molecule has 63 heavy (non-hydrogen) atoms. The van der Waals surface area contributed by atoms with Crippen molar-refractivity contribution in [1.82, 2.24) is 5.32 Å². The van der Waals surface area contributed by atoms with E-state index < -0.39 is 26.6 Å². The van der Waals surface area contributed by atoms with Gasteiger partial charge in [0.15, 0.2) is 0 Å². The summed E-state index contributed by atoms with van der Waals surface area (Å²) < 4.78 is 23.3. The van der Waals surface area contributed by atoms with E-state index in [-0.39, 0.29) is 12.5 Å². The smallest absolute Gasteiger partial charge is 0.268 e. The molecule has 0 radical (unpaired) electrons. The number of rotatable bonds is 46. The third kappa shape index (κ3) is 47.7. The Labute approximate surface area is 389 Å². The number of nitrogens with zero attached hydrogens (tertiary/aromatic N) is 1. The summed E-state index contributed by atoms with van der Waals surface area (Å²) in [5.41, 5.74) is 0. The normalized spacial score (nSPS) is 14.7. The van der Waals surface area contributed by atoms with Crippen molar-refractivity contribution in [2.75, 3.05) is 40.9 Å². The summed E-state index contributed by atoms with van der Waals surface area (Å²) in [5, 5.41) is 13.8. The Morgan fingerprint density at radius 2 is 0.937 bits per heavy atom. The number of quaternary nitrogens is 1. The number of likely N-dealkylation sites (N-methyl/N-ethyl adjacent to an activating group) is 1. The van der Waals surface area contributed by atoms with Crippen LogP contribution in [0.4, 0.5) is 0 Å². The minimum Gasteiger partial charge on any atom is -0.756 e. The molecule has 366 valence electrons. The summed E-state index contributed by atoms with van der Waals surface area (Å²) >= 11 is 0. The Kier molecular flexibility index (Phi) is 43.6. The maximum atomic E-state index is 12.9. The van der Waals surface area contributed by atoms with Gasteiger partial charge in [0, 0.05) is 6.42 Å². The van der Waals surface area contributed by atoms with Crippen LogP contribution in [0.1, 0.15) is 213 Å². The second-order valence-corrected chi connectivity index (χ2v) is 19.9. The summed E-state index contributed by atoms with van der Waals surface area (Å²) in [6.07, 6.45) is 61.0. The van der Waals surface area contributed by atoms with Crippen LogP contribution in [0.5, 0.6) is 0 Å². The highest BCUT2D eigenvalue weighted by atomic mass is 31.2. The van der Waals surface area contributed by atoms with Gasteiger partial charge in [0.25, 0.3) is 7.82 Å². The standard InChI is InChI=1S/C54H99N2O6P/c1-6-8-10-12-14-16-18-20-22-24-26-27-28-29-30-32-34-36-38-40-42-44-46-48-54(58)55-52(51-62-63(59,60)61-50-49-56(3,4)5)53(57)47-45-43-41-39-37-35-33-31-25-23-21-19-17-15-13-11-9-7-2/h18,20,24-26,28-29,31,37,39,45,47,52-53,57H,6-17,19,21-23,27,30,32-36,38,40-44,46,48-51H2,1-5H3,(H-,55,58,59,60)/b20-18-,26-24-,29-28-,31-25+,39-37+,47-45+. The lowest BCUT2D eigenvalue weighted by Crippen LogP contribution is -2.45. The summed E-state index contributed by atoms with van der Waals surface area (Å²) in [6.45, 7) is 4.59. The zero-order valence-electron chi connectivity index (χ0n) is 41.5. The van der Waals surface area contributed by atoms with Crippen molar-refractivity contribution in [2.24, 2.45) is 0 Å². The van der Waals surface area contributed by atoms with Crippen molar-refractivity contribution >= 4 is 13.7 Å². The number of aliphatic hydroxyl groups excluding tert-OH is 1. The van der Waals surface area contributed by atoms with E-state index >= 15 is 0 Å². The molecular weight excluding hydrogens is 804 g/mol. The zero-order chi connectivity index (χ0) is 46.4. The van der Waals surface area contributed by atoms with Gasteiger partial charge in [-0.1, -0.05) is 196 Å². The fraction of sp³-hybridized carbons (Fsp3) is 0.759. The van der Waals surface area contributed by atoms with Crippen LogP contribution in [-0.4, -0.2) is 68.5 Å². The molecule has 0 heterocycles. The number of carbonyl (C=O) groups excluding carboxylic acids is 1. The van der Waals surface area contributed by atoms with Crippen LogP contribution in [0.3, 0.4) is 0 Å². The van der Waals surface area contributed by atoms with Gasteiger partial charge in [0.05, 0.1) is 39.9 Å². The Morgan fingerprint density at radius 3 is 1.40 bits per heavy atom. The number of carbonyl (C=O) groups is 1. The van der Waals surface area contributed by atoms with Crippen LogP contribution in [0.25, 0.3) is 0 Å². The van der Waals surface area contributed by atoms with E-state index in [4.69, 9.17) is 9.05 Å². The van der Waals surface area contributed by atoms with E-state index in [1.807, 2.05) is 27.2 Å². The molecular formula is C54H99N2O6P. The third-order valence-electron chi connectivity index (χ3n) is 11.1. The van der Waals surface area contributed by atoms with Crippen molar-refractivity contribution < 1.29 is 32.9 Å². The van der Waals surface area contributed by atoms with Crippen molar-refractivity contribution in [3.63, 3.8) is 0 Å². The second kappa shape index (κ2) is 45.1. The second-order valence-electron chi connectivity index (χ2n) is 18.5. The summed E-state index contributed by atoms with van der Waals surface area (Å²) in [6, 6.07) is -0.917. The molecule has 1 amide bonds. The highest BCUT2D eigenvalue weighted by Crippen LogP contribution is 2.38. The largest absolute Gasteiger partial charge is 0.756 e. The molecule has 9 heteroatoms. The van der Waals surface area contributed by atoms with Crippen LogP contribution in [0.15, 0.2) is 72.9 Å². The van der Waals surface area contributed by atoms with Crippen molar-refractivity contribution in [3.05, 3.63) is 72.9 Å². The molecule has 0 spiro atoms. The summed E-state index contributed by atoms with van der Waals surface area (Å²) in [5.74, 6) is -0.221. The number of aliphatic hydroxyl groups is 1. The molecule has 0 rings (SSSR count). The number of phosphoric ester groups is 1. The number of nitrogens with one attached hydrogen (secondary N) is 1. The Morgan fingerprint density at radius 1 is 0.556 bits per heavy atom. The van der Waals surface area contributed by atoms with Crippen molar-refractivity contribution in [1.29, 1.82) is 0 Å². The van der Waals surface area contributed by atoms with Crippen LogP contribution in [-0.2, 0) is 18.4 Å². The topological polar surface area (TPSA) is 108 Å². The van der Waals surface area contributed by atoms with Gasteiger partial charge >= 0.3 is 0 Å². The minimum absolute atomic E-state index is 0.0137. The first kappa shape index (κ1) is 60.9. The SMILES string of the molecule is CCCCCCC/C=C\C/C=C\C/C=C\CCCCCCCCCCC(=O)NC(COP(=O)([O-])OCC[N+](C)(C)C)C(O)/C=C/CC/C=C/CC/C=C/CCCCCCCCCC. The Hall–Kier alpha value is -2.06. The van der Waals surface area contributed by atoms with Gasteiger partial charge in [-0.05, 0) is 83.5 Å². The predicted molar refractivity (Wildman–Crippen MR) is 270 cm³/mol. The van der Waals surface area contributed by atoms with Gasteiger partial charge < -0.3 is 28.8 Å². The van der Waals surface area contributed by atoms with Gasteiger partial charge in [-0.2, -0.15) is 0 Å². The number of allylic oxidation sites excluding steroid dienone is 11. The maximum absolute atomic E-state index is 12.9. The molecule has 0 bridgehead atoms. The highest BCUT2D eigenvalue weighted by molar-refractivity contribution is 7.45. The zero-order valence-corrected chi connectivity index (χ0v) is 42.4. The van der Waals surface area contributed by atoms with Crippen LogP contribution < -0.4 is 10.2 Å². The number of amides is 1. The fourth-order valence-corrected chi connectivity index (χ4v) is 7.74. The van der Waals surface area contributed by atoms with Gasteiger partial charge in [-0.3, -0.25) is 9.36 Å². The average Bonchev–Trinajstić information content (AvgIpc) is 3.24. The van der Waals surface area contributed by atoms with E-state index in [1.165, 1.54) is 122 Å². The van der Waals surface area contributed by atoms with Gasteiger partial charge in [-0.25, -0.2) is 0 Å². The molecule has 3 unspecified atom stereocenters. The lowest BCUT2D eigenvalue weighted by Gasteiger charge is -2.29. The molecule has 0 aromatic heterocycles. The first-order valence-corrected chi connectivity index (χ1v) is 27.3. The predicted octanol–water partition coefficient (Wildman–Crippen LogP) is 14.5. The number of unbranched alkanes of at least 4 members (excludes halogenated alkanes) is 23. The van der Waals surface area contributed by atoms with Gasteiger partial charge in [0.2, 0.25) is 5.91 Å². The number of hydrogen-bond donors (Lipinski definition) is 2. The van der Waals surface area contributed by atoms with E-state index in [9.17, 15) is 19.4 Å². The highest BCUT2D eigenvalue weighted by Gasteiger charge is 2.23. The van der Waals surface area contributed by atoms with E-state index in [1.54, 1.807) is 6.08 Å². The van der Waals surface area contributed by atoms with E-state index in [0.29, 0.717) is 17.4 Å². The third-order valence-corrected chi connectivity index (χ3v) is 12.1. The molecule has 0 aromatic carbocycles. The molecule has 0 aliphatic heterocycles. The molecule has 0 aromatic rings. The first-order chi connectivity index (χ1) is 30.5. The van der Waals surface area contributed by atoms with E-state index in [2.05, 4.69) is 79.9 Å². The molecule has 0 aliphatic carbocycles. The molecule has 0 saturated carbocycles.